The molecule has 0 aliphatic carbocycles. The largest absolute Gasteiger partial charge is 0.493 e. The summed E-state index contributed by atoms with van der Waals surface area (Å²) in [6, 6.07) is 11.1. The van der Waals surface area contributed by atoms with E-state index in [1.807, 2.05) is 4.90 Å². The molecule has 41 heavy (non-hydrogen) atoms. The molecule has 13 heteroatoms. The number of piperazine rings is 1. The fourth-order valence-electron chi connectivity index (χ4n) is 4.29. The van der Waals surface area contributed by atoms with Crippen molar-refractivity contribution in [3.8, 4) is 23.1 Å². The molecule has 210 valence electrons. The van der Waals surface area contributed by atoms with Gasteiger partial charge in [0.2, 0.25) is 11.8 Å². The van der Waals surface area contributed by atoms with Crippen LogP contribution in [0.3, 0.4) is 0 Å². The molecule has 0 bridgehead atoms. The lowest BCUT2D eigenvalue weighted by atomic mass is 10.1. The number of benzene rings is 3. The third kappa shape index (κ3) is 5.69. The van der Waals surface area contributed by atoms with Crippen molar-refractivity contribution in [1.29, 1.82) is 0 Å². The maximum absolute atomic E-state index is 15.0. The Morgan fingerprint density at radius 2 is 1.66 bits per heavy atom. The number of hydrogen-bond donors (Lipinski definition) is 2. The highest BCUT2D eigenvalue weighted by atomic mass is 19.1. The number of rotatable bonds is 8. The lowest BCUT2D eigenvalue weighted by molar-refractivity contribution is -0.120. The van der Waals surface area contributed by atoms with E-state index < -0.39 is 28.9 Å². The summed E-state index contributed by atoms with van der Waals surface area (Å²) in [6.45, 7) is 1.32. The lowest BCUT2D eigenvalue weighted by Crippen LogP contribution is -2.47. The molecule has 0 radical (unpaired) electrons. The van der Waals surface area contributed by atoms with Crippen LogP contribution in [0.25, 0.3) is 10.9 Å². The molecule has 4 aromatic rings. The first-order valence-electron chi connectivity index (χ1n) is 12.3. The second-order valence-electron chi connectivity index (χ2n) is 8.87. The van der Waals surface area contributed by atoms with Crippen LogP contribution < -0.4 is 29.7 Å². The molecule has 0 unspecified atom stereocenters. The van der Waals surface area contributed by atoms with Crippen LogP contribution >= 0.6 is 0 Å². The Labute approximate surface area is 232 Å². The molecule has 2 N–H and O–H groups in total. The van der Waals surface area contributed by atoms with Crippen molar-refractivity contribution in [2.45, 2.75) is 0 Å². The third-order valence-corrected chi connectivity index (χ3v) is 6.30. The van der Waals surface area contributed by atoms with Crippen molar-refractivity contribution in [2.75, 3.05) is 44.1 Å². The Hall–Kier alpha value is -5.33. The van der Waals surface area contributed by atoms with E-state index in [9.17, 15) is 23.2 Å². The van der Waals surface area contributed by atoms with E-state index in [1.165, 1.54) is 32.7 Å². The molecule has 1 aliphatic rings. The number of Topliss-reactive ketones (excluding diaryl/α,β-unsaturated/α-hetero) is 1. The molecular formula is C28H23F2N5O6. The van der Waals surface area contributed by atoms with Gasteiger partial charge in [-0.1, -0.05) is 0 Å². The Balaban J connectivity index is 1.32. The van der Waals surface area contributed by atoms with E-state index in [-0.39, 0.29) is 29.8 Å². The van der Waals surface area contributed by atoms with Crippen LogP contribution in [0.2, 0.25) is 0 Å². The number of ether oxygens (including phenoxy) is 3. The van der Waals surface area contributed by atoms with Crippen LogP contribution in [0, 0.1) is 11.6 Å². The quantitative estimate of drug-likeness (QED) is 0.244. The minimum Gasteiger partial charge on any atom is -0.493 e. The van der Waals surface area contributed by atoms with Gasteiger partial charge < -0.3 is 29.7 Å². The van der Waals surface area contributed by atoms with Crippen molar-refractivity contribution < 1.29 is 37.4 Å². The predicted molar refractivity (Wildman–Crippen MR) is 144 cm³/mol. The van der Waals surface area contributed by atoms with Gasteiger partial charge in [0, 0.05) is 42.7 Å². The predicted octanol–water partition coefficient (Wildman–Crippen LogP) is 3.48. The van der Waals surface area contributed by atoms with E-state index in [4.69, 9.17) is 14.2 Å². The van der Waals surface area contributed by atoms with Crippen LogP contribution in [-0.4, -0.2) is 61.4 Å². The number of nitrogens with zero attached hydrogens (tertiary/aromatic N) is 3. The van der Waals surface area contributed by atoms with E-state index in [2.05, 4.69) is 20.6 Å². The monoisotopic (exact) mass is 563 g/mol. The van der Waals surface area contributed by atoms with Crippen LogP contribution in [0.5, 0.6) is 23.1 Å². The van der Waals surface area contributed by atoms with E-state index in [0.717, 1.165) is 17.8 Å². The van der Waals surface area contributed by atoms with E-state index in [1.54, 1.807) is 24.3 Å². The van der Waals surface area contributed by atoms with Crippen molar-refractivity contribution in [2.24, 2.45) is 0 Å². The topological polar surface area (TPSA) is 132 Å². The number of carbonyl (C=O) groups is 3. The number of hydrogen-bond acceptors (Lipinski definition) is 9. The Bertz CT molecular complexity index is 1640. The zero-order chi connectivity index (χ0) is 29.1. The second-order valence-corrected chi connectivity index (χ2v) is 8.87. The van der Waals surface area contributed by atoms with Gasteiger partial charge in [0.25, 0.3) is 11.7 Å². The number of fused-ring (bicyclic) bond motifs is 1. The first kappa shape index (κ1) is 27.2. The molecule has 0 spiro atoms. The summed E-state index contributed by atoms with van der Waals surface area (Å²) in [6.07, 6.45) is 1.20. The van der Waals surface area contributed by atoms with Gasteiger partial charge in [0.15, 0.2) is 11.5 Å². The van der Waals surface area contributed by atoms with Crippen molar-refractivity contribution in [3.63, 3.8) is 0 Å². The number of aromatic nitrogens is 2. The molecule has 11 nitrogen and oxygen atoms in total. The summed E-state index contributed by atoms with van der Waals surface area (Å²) in [5.74, 6) is -4.89. The third-order valence-electron chi connectivity index (χ3n) is 6.30. The molecule has 1 saturated heterocycles. The molecule has 1 fully saturated rings. The number of amides is 2. The van der Waals surface area contributed by atoms with Gasteiger partial charge in [-0.25, -0.2) is 18.7 Å². The summed E-state index contributed by atoms with van der Waals surface area (Å²) < 4.78 is 46.1. The first-order valence-corrected chi connectivity index (χ1v) is 12.3. The maximum Gasteiger partial charge on any atom is 0.296 e. The van der Waals surface area contributed by atoms with Gasteiger partial charge in [-0.2, -0.15) is 0 Å². The Morgan fingerprint density at radius 1 is 0.976 bits per heavy atom. The van der Waals surface area contributed by atoms with Crippen LogP contribution in [0.15, 0.2) is 54.9 Å². The number of carbonyl (C=O) groups excluding carboxylic acids is 3. The average molecular weight is 564 g/mol. The van der Waals surface area contributed by atoms with Gasteiger partial charge in [-0.05, 0) is 30.3 Å². The highest BCUT2D eigenvalue weighted by Crippen LogP contribution is 2.36. The van der Waals surface area contributed by atoms with E-state index in [0.29, 0.717) is 35.5 Å². The molecule has 1 aromatic heterocycles. The van der Waals surface area contributed by atoms with Gasteiger partial charge in [0.05, 0.1) is 37.2 Å². The van der Waals surface area contributed by atoms with Crippen LogP contribution in [0.4, 0.5) is 20.2 Å². The normalized spacial score (nSPS) is 13.0. The summed E-state index contributed by atoms with van der Waals surface area (Å²) in [7, 11) is 2.90. The SMILES string of the molecule is COc1cc2ncnc(Oc3cc(F)c(C(=O)C(=O)Nc4ccc(N5CCNC(=O)C5)cc4)c(F)c3)c2cc1OC. The molecule has 0 atom stereocenters. The first-order chi connectivity index (χ1) is 19.8. The molecule has 3 aromatic carbocycles. The van der Waals surface area contributed by atoms with Crippen molar-refractivity contribution in [3.05, 3.63) is 72.1 Å². The van der Waals surface area contributed by atoms with Gasteiger partial charge in [-0.15, -0.1) is 0 Å². The summed E-state index contributed by atoms with van der Waals surface area (Å²) in [5.41, 5.74) is 0.360. The standard InChI is InChI=1S/C28H23F2N5O6/c1-39-22-11-18-21(12-23(22)40-2)32-14-33-28(18)41-17-9-19(29)25(20(30)10-17)26(37)27(38)34-15-3-5-16(6-4-15)35-8-7-31-24(36)13-35/h3-6,9-12,14H,7-8,13H2,1-2H3,(H,31,36)(H,34,38). The molecule has 5 rings (SSSR count). The van der Waals surface area contributed by atoms with Crippen LogP contribution in [-0.2, 0) is 9.59 Å². The number of halogens is 2. The number of methoxy groups -OCH3 is 2. The van der Waals surface area contributed by atoms with Gasteiger partial charge in [0.1, 0.15) is 23.7 Å². The fourth-order valence-corrected chi connectivity index (χ4v) is 4.29. The summed E-state index contributed by atoms with van der Waals surface area (Å²) in [5, 5.41) is 5.44. The average Bonchev–Trinajstić information content (AvgIpc) is 2.96. The second kappa shape index (κ2) is 11.4. The molecule has 2 heterocycles. The molecule has 2 amide bonds. The van der Waals surface area contributed by atoms with Crippen LogP contribution in [0.1, 0.15) is 10.4 Å². The Morgan fingerprint density at radius 3 is 2.32 bits per heavy atom. The number of anilines is 2. The van der Waals surface area contributed by atoms with E-state index >= 15 is 0 Å². The summed E-state index contributed by atoms with van der Waals surface area (Å²) in [4.78, 5) is 46.9. The maximum atomic E-state index is 15.0. The smallest absolute Gasteiger partial charge is 0.296 e. The van der Waals surface area contributed by atoms with Crippen molar-refractivity contribution in [1.82, 2.24) is 15.3 Å². The Kier molecular flexibility index (Phi) is 7.59. The fraction of sp³-hybridized carbons (Fsp3) is 0.179. The highest BCUT2D eigenvalue weighted by molar-refractivity contribution is 6.46. The zero-order valence-corrected chi connectivity index (χ0v) is 21.9. The lowest BCUT2D eigenvalue weighted by Gasteiger charge is -2.28. The minimum absolute atomic E-state index is 0.0276. The number of nitrogens with one attached hydrogen (secondary N) is 2. The van der Waals surface area contributed by atoms with Crippen molar-refractivity contribution >= 4 is 39.9 Å². The summed E-state index contributed by atoms with van der Waals surface area (Å²) >= 11 is 0. The zero-order valence-electron chi connectivity index (χ0n) is 21.9. The highest BCUT2D eigenvalue weighted by Gasteiger charge is 2.26. The molecule has 0 saturated carbocycles. The molecule has 1 aliphatic heterocycles. The molecular weight excluding hydrogens is 540 g/mol. The number of ketones is 1. The van der Waals surface area contributed by atoms with Gasteiger partial charge in [-0.3, -0.25) is 14.4 Å². The minimum atomic E-state index is -1.41. The van der Waals surface area contributed by atoms with Gasteiger partial charge >= 0.3 is 0 Å².